The SMILES string of the molecule is COc1ccc([C@H](C)N(C)Cc2nc(-c3ccccc3)c3ccccc3n2)cc1. The fourth-order valence-corrected chi connectivity index (χ4v) is 3.51. The number of benzene rings is 3. The van der Waals surface area contributed by atoms with Crippen LogP contribution >= 0.6 is 0 Å². The summed E-state index contributed by atoms with van der Waals surface area (Å²) < 4.78 is 5.27. The van der Waals surface area contributed by atoms with Crippen LogP contribution in [0.2, 0.25) is 0 Å². The lowest BCUT2D eigenvalue weighted by Gasteiger charge is -2.25. The van der Waals surface area contributed by atoms with Gasteiger partial charge >= 0.3 is 0 Å². The lowest BCUT2D eigenvalue weighted by atomic mass is 10.1. The maximum Gasteiger partial charge on any atom is 0.143 e. The average molecular weight is 383 g/mol. The molecule has 0 bridgehead atoms. The van der Waals surface area contributed by atoms with Gasteiger partial charge in [0.25, 0.3) is 0 Å². The summed E-state index contributed by atoms with van der Waals surface area (Å²) in [5, 5.41) is 1.08. The molecule has 1 aromatic heterocycles. The molecule has 0 radical (unpaired) electrons. The first kappa shape index (κ1) is 19.1. The monoisotopic (exact) mass is 383 g/mol. The van der Waals surface area contributed by atoms with Gasteiger partial charge in [0.05, 0.1) is 24.9 Å². The fraction of sp³-hybridized carbons (Fsp3) is 0.200. The summed E-state index contributed by atoms with van der Waals surface area (Å²) >= 11 is 0. The molecular weight excluding hydrogens is 358 g/mol. The van der Waals surface area contributed by atoms with E-state index in [1.807, 2.05) is 42.5 Å². The van der Waals surface area contributed by atoms with E-state index in [0.29, 0.717) is 6.54 Å². The largest absolute Gasteiger partial charge is 0.497 e. The van der Waals surface area contributed by atoms with Gasteiger partial charge in [-0.1, -0.05) is 60.7 Å². The van der Waals surface area contributed by atoms with Crippen LogP contribution in [0.1, 0.15) is 24.4 Å². The van der Waals surface area contributed by atoms with Gasteiger partial charge in [-0.25, -0.2) is 9.97 Å². The number of ether oxygens (including phenoxy) is 1. The normalized spacial score (nSPS) is 12.3. The number of hydrogen-bond donors (Lipinski definition) is 0. The van der Waals surface area contributed by atoms with Crippen LogP contribution in [0.15, 0.2) is 78.9 Å². The van der Waals surface area contributed by atoms with Gasteiger partial charge in [-0.2, -0.15) is 0 Å². The van der Waals surface area contributed by atoms with Crippen molar-refractivity contribution in [1.29, 1.82) is 0 Å². The first-order chi connectivity index (χ1) is 14.2. The summed E-state index contributed by atoms with van der Waals surface area (Å²) in [6.07, 6.45) is 0. The maximum atomic E-state index is 5.27. The maximum absolute atomic E-state index is 5.27. The summed E-state index contributed by atoms with van der Waals surface area (Å²) in [5.74, 6) is 1.69. The van der Waals surface area contributed by atoms with Gasteiger partial charge in [-0.15, -0.1) is 0 Å². The van der Waals surface area contributed by atoms with Crippen molar-refractivity contribution in [2.24, 2.45) is 0 Å². The molecule has 3 aromatic carbocycles. The molecule has 4 rings (SSSR count). The van der Waals surface area contributed by atoms with Gasteiger partial charge < -0.3 is 4.74 Å². The molecule has 4 nitrogen and oxygen atoms in total. The van der Waals surface area contributed by atoms with Crippen molar-refractivity contribution in [2.75, 3.05) is 14.2 Å². The number of para-hydroxylation sites is 1. The van der Waals surface area contributed by atoms with E-state index in [1.165, 1.54) is 5.56 Å². The zero-order valence-electron chi connectivity index (χ0n) is 17.0. The van der Waals surface area contributed by atoms with Crippen molar-refractivity contribution in [2.45, 2.75) is 19.5 Å². The molecule has 0 saturated heterocycles. The predicted octanol–water partition coefficient (Wildman–Crippen LogP) is 5.50. The van der Waals surface area contributed by atoms with E-state index in [-0.39, 0.29) is 6.04 Å². The molecule has 0 spiro atoms. The minimum atomic E-state index is 0.233. The summed E-state index contributed by atoms with van der Waals surface area (Å²) in [4.78, 5) is 12.0. The molecule has 0 fully saturated rings. The third kappa shape index (κ3) is 4.13. The highest BCUT2D eigenvalue weighted by molar-refractivity contribution is 5.92. The van der Waals surface area contributed by atoms with Crippen molar-refractivity contribution in [1.82, 2.24) is 14.9 Å². The molecule has 146 valence electrons. The molecule has 29 heavy (non-hydrogen) atoms. The fourth-order valence-electron chi connectivity index (χ4n) is 3.51. The van der Waals surface area contributed by atoms with Crippen LogP contribution in [0.25, 0.3) is 22.2 Å². The van der Waals surface area contributed by atoms with Gasteiger partial charge in [0.15, 0.2) is 0 Å². The topological polar surface area (TPSA) is 38.2 Å². The molecule has 4 heteroatoms. The van der Waals surface area contributed by atoms with Crippen molar-refractivity contribution in [3.8, 4) is 17.0 Å². The zero-order chi connectivity index (χ0) is 20.2. The van der Waals surface area contributed by atoms with E-state index in [1.54, 1.807) is 7.11 Å². The Labute approximate surface area is 171 Å². The third-order valence-corrected chi connectivity index (χ3v) is 5.35. The molecule has 0 amide bonds. The summed E-state index contributed by atoms with van der Waals surface area (Å²) in [6, 6.07) is 27.0. The second kappa shape index (κ2) is 8.41. The molecule has 1 heterocycles. The van der Waals surface area contributed by atoms with Crippen molar-refractivity contribution < 1.29 is 4.74 Å². The lowest BCUT2D eigenvalue weighted by molar-refractivity contribution is 0.247. The number of fused-ring (bicyclic) bond motifs is 1. The number of hydrogen-bond acceptors (Lipinski definition) is 4. The van der Waals surface area contributed by atoms with Crippen LogP contribution in [0.3, 0.4) is 0 Å². The van der Waals surface area contributed by atoms with Gasteiger partial charge in [-0.3, -0.25) is 4.90 Å². The number of methoxy groups -OCH3 is 1. The molecule has 0 aliphatic rings. The van der Waals surface area contributed by atoms with E-state index in [2.05, 4.69) is 55.3 Å². The number of nitrogens with zero attached hydrogens (tertiary/aromatic N) is 3. The molecule has 0 aliphatic heterocycles. The van der Waals surface area contributed by atoms with Crippen LogP contribution in [0, 0.1) is 0 Å². The molecule has 0 N–H and O–H groups in total. The standard InChI is InChI=1S/C25H25N3O/c1-18(19-13-15-21(29-3)16-14-19)28(2)17-24-26-23-12-8-7-11-22(23)25(27-24)20-9-5-4-6-10-20/h4-16,18H,17H2,1-3H3/t18-/m0/s1. The van der Waals surface area contributed by atoms with Crippen LogP contribution in [0.4, 0.5) is 0 Å². The Morgan fingerprint density at radius 2 is 1.55 bits per heavy atom. The van der Waals surface area contributed by atoms with E-state index in [9.17, 15) is 0 Å². The zero-order valence-corrected chi connectivity index (χ0v) is 17.0. The van der Waals surface area contributed by atoms with E-state index in [4.69, 9.17) is 14.7 Å². The highest BCUT2D eigenvalue weighted by Gasteiger charge is 2.16. The smallest absolute Gasteiger partial charge is 0.143 e. The van der Waals surface area contributed by atoms with Crippen LogP contribution in [-0.2, 0) is 6.54 Å². The molecular formula is C25H25N3O. The van der Waals surface area contributed by atoms with Crippen LogP contribution in [-0.4, -0.2) is 29.0 Å². The minimum absolute atomic E-state index is 0.233. The molecule has 0 saturated carbocycles. The van der Waals surface area contributed by atoms with Gasteiger partial charge in [0.2, 0.25) is 0 Å². The van der Waals surface area contributed by atoms with Gasteiger partial charge in [0.1, 0.15) is 11.6 Å². The Morgan fingerprint density at radius 1 is 0.862 bits per heavy atom. The number of rotatable bonds is 6. The third-order valence-electron chi connectivity index (χ3n) is 5.35. The predicted molar refractivity (Wildman–Crippen MR) is 118 cm³/mol. The van der Waals surface area contributed by atoms with Crippen LogP contribution < -0.4 is 4.74 Å². The minimum Gasteiger partial charge on any atom is -0.497 e. The molecule has 4 aromatic rings. The van der Waals surface area contributed by atoms with Crippen molar-refractivity contribution in [3.05, 3.63) is 90.3 Å². The van der Waals surface area contributed by atoms with Crippen LogP contribution in [0.5, 0.6) is 5.75 Å². The molecule has 1 atom stereocenters. The summed E-state index contributed by atoms with van der Waals surface area (Å²) in [7, 11) is 3.79. The Balaban J connectivity index is 1.65. The van der Waals surface area contributed by atoms with Gasteiger partial charge in [-0.05, 0) is 37.7 Å². The summed E-state index contributed by atoms with van der Waals surface area (Å²) in [5.41, 5.74) is 4.30. The lowest BCUT2D eigenvalue weighted by Crippen LogP contribution is -2.23. The van der Waals surface area contributed by atoms with Gasteiger partial charge in [0, 0.05) is 17.0 Å². The van der Waals surface area contributed by atoms with Crippen molar-refractivity contribution >= 4 is 10.9 Å². The highest BCUT2D eigenvalue weighted by atomic mass is 16.5. The van der Waals surface area contributed by atoms with Crippen molar-refractivity contribution in [3.63, 3.8) is 0 Å². The second-order valence-electron chi connectivity index (χ2n) is 7.24. The summed E-state index contributed by atoms with van der Waals surface area (Å²) in [6.45, 7) is 2.86. The Bertz CT molecular complexity index is 1090. The highest BCUT2D eigenvalue weighted by Crippen LogP contribution is 2.27. The van der Waals surface area contributed by atoms with E-state index >= 15 is 0 Å². The Morgan fingerprint density at radius 3 is 2.28 bits per heavy atom. The van der Waals surface area contributed by atoms with E-state index in [0.717, 1.165) is 33.7 Å². The first-order valence-electron chi connectivity index (χ1n) is 9.81. The average Bonchev–Trinajstić information content (AvgIpc) is 2.78. The Hall–Kier alpha value is -3.24. The molecule has 0 aliphatic carbocycles. The second-order valence-corrected chi connectivity index (χ2v) is 7.24. The molecule has 0 unspecified atom stereocenters. The number of aromatic nitrogens is 2. The quantitative estimate of drug-likeness (QED) is 0.441. The first-order valence-corrected chi connectivity index (χ1v) is 9.81. The Kier molecular flexibility index (Phi) is 5.54. The van der Waals surface area contributed by atoms with E-state index < -0.39 is 0 Å².